The molecule has 13 heavy (non-hydrogen) atoms. The van der Waals surface area contributed by atoms with Gasteiger partial charge in [0.05, 0.1) is 6.61 Å². The molecule has 1 N–H and O–H groups in total. The van der Waals surface area contributed by atoms with Gasteiger partial charge in [0, 0.05) is 18.9 Å². The first kappa shape index (κ1) is 10.3. The molecule has 3 heteroatoms. The Balaban J connectivity index is 2.59. The van der Waals surface area contributed by atoms with E-state index in [1.807, 2.05) is 13.8 Å². The van der Waals surface area contributed by atoms with Gasteiger partial charge in [-0.1, -0.05) is 13.8 Å². The summed E-state index contributed by atoms with van der Waals surface area (Å²) in [6, 6.07) is 0. The summed E-state index contributed by atoms with van der Waals surface area (Å²) in [6.45, 7) is 4.35. The second kappa shape index (κ2) is 3.92. The molecule has 0 aliphatic heterocycles. The van der Waals surface area contributed by atoms with Crippen LogP contribution in [0.15, 0.2) is 11.8 Å². The Bertz CT molecular complexity index is 228. The van der Waals surface area contributed by atoms with E-state index in [0.717, 1.165) is 6.42 Å². The number of carbonyl (C=O) groups is 1. The molecule has 0 bridgehead atoms. The lowest BCUT2D eigenvalue weighted by atomic mass is 9.79. The minimum Gasteiger partial charge on any atom is -0.495 e. The van der Waals surface area contributed by atoms with Crippen molar-refractivity contribution < 1.29 is 14.6 Å². The molecule has 0 saturated carbocycles. The SMILES string of the molecule is CC1(C)CC(=O)C=C(OCCO)C1. The second-order valence-electron chi connectivity index (χ2n) is 4.17. The molecule has 0 heterocycles. The highest BCUT2D eigenvalue weighted by molar-refractivity contribution is 5.91. The molecule has 0 atom stereocenters. The van der Waals surface area contributed by atoms with Crippen molar-refractivity contribution in [3.8, 4) is 0 Å². The zero-order chi connectivity index (χ0) is 9.90. The van der Waals surface area contributed by atoms with Crippen LogP contribution in [0.25, 0.3) is 0 Å². The topological polar surface area (TPSA) is 46.5 Å². The second-order valence-corrected chi connectivity index (χ2v) is 4.17. The molecular weight excluding hydrogens is 168 g/mol. The van der Waals surface area contributed by atoms with Gasteiger partial charge in [0.25, 0.3) is 0 Å². The fourth-order valence-corrected chi connectivity index (χ4v) is 1.56. The summed E-state index contributed by atoms with van der Waals surface area (Å²) in [5.74, 6) is 0.819. The van der Waals surface area contributed by atoms with Crippen LogP contribution < -0.4 is 0 Å². The van der Waals surface area contributed by atoms with Gasteiger partial charge in [-0.3, -0.25) is 4.79 Å². The zero-order valence-corrected chi connectivity index (χ0v) is 8.17. The predicted molar refractivity (Wildman–Crippen MR) is 49.1 cm³/mol. The molecule has 0 aromatic carbocycles. The summed E-state index contributed by atoms with van der Waals surface area (Å²) < 4.78 is 5.23. The minimum atomic E-state index is -0.00798. The molecule has 0 aromatic rings. The Kier molecular flexibility index (Phi) is 3.09. The van der Waals surface area contributed by atoms with E-state index >= 15 is 0 Å². The van der Waals surface area contributed by atoms with E-state index in [9.17, 15) is 4.79 Å². The van der Waals surface area contributed by atoms with E-state index in [2.05, 4.69) is 0 Å². The van der Waals surface area contributed by atoms with Crippen molar-refractivity contribution in [1.82, 2.24) is 0 Å². The Morgan fingerprint density at radius 1 is 1.54 bits per heavy atom. The molecule has 0 spiro atoms. The summed E-state index contributed by atoms with van der Waals surface area (Å²) in [6.07, 6.45) is 2.90. The van der Waals surface area contributed by atoms with Crippen molar-refractivity contribution in [3.05, 3.63) is 11.8 Å². The average molecular weight is 184 g/mol. The van der Waals surface area contributed by atoms with Gasteiger partial charge in [-0.15, -0.1) is 0 Å². The average Bonchev–Trinajstić information content (AvgIpc) is 1.97. The lowest BCUT2D eigenvalue weighted by Crippen LogP contribution is -2.23. The molecule has 0 aromatic heterocycles. The maximum absolute atomic E-state index is 11.2. The molecule has 1 rings (SSSR count). The van der Waals surface area contributed by atoms with E-state index in [1.165, 1.54) is 0 Å². The Labute approximate surface area is 78.4 Å². The third kappa shape index (κ3) is 3.19. The molecule has 0 fully saturated rings. The van der Waals surface area contributed by atoms with Crippen LogP contribution in [0.5, 0.6) is 0 Å². The standard InChI is InChI=1S/C10H16O3/c1-10(2)6-8(12)5-9(7-10)13-4-3-11/h5,11H,3-4,6-7H2,1-2H3. The van der Waals surface area contributed by atoms with Crippen LogP contribution in [0.2, 0.25) is 0 Å². The highest BCUT2D eigenvalue weighted by atomic mass is 16.5. The van der Waals surface area contributed by atoms with Crippen molar-refractivity contribution in [3.63, 3.8) is 0 Å². The highest BCUT2D eigenvalue weighted by Crippen LogP contribution is 2.33. The first-order valence-corrected chi connectivity index (χ1v) is 4.50. The first-order chi connectivity index (χ1) is 6.03. The largest absolute Gasteiger partial charge is 0.495 e. The minimum absolute atomic E-state index is 0.00335. The number of allylic oxidation sites excluding steroid dienone is 2. The van der Waals surface area contributed by atoms with Gasteiger partial charge >= 0.3 is 0 Å². The molecule has 0 amide bonds. The molecule has 1 aliphatic carbocycles. The lowest BCUT2D eigenvalue weighted by Gasteiger charge is -2.28. The lowest BCUT2D eigenvalue weighted by molar-refractivity contribution is -0.117. The van der Waals surface area contributed by atoms with Crippen LogP contribution in [0.3, 0.4) is 0 Å². The number of hydrogen-bond acceptors (Lipinski definition) is 3. The van der Waals surface area contributed by atoms with Crippen LogP contribution in [-0.2, 0) is 9.53 Å². The third-order valence-electron chi connectivity index (χ3n) is 2.01. The normalized spacial score (nSPS) is 21.2. The van der Waals surface area contributed by atoms with Gasteiger partial charge in [-0.05, 0) is 5.41 Å². The van der Waals surface area contributed by atoms with Crippen LogP contribution in [0.4, 0.5) is 0 Å². The van der Waals surface area contributed by atoms with Crippen molar-refractivity contribution >= 4 is 5.78 Å². The maximum atomic E-state index is 11.2. The van der Waals surface area contributed by atoms with Crippen LogP contribution in [0.1, 0.15) is 26.7 Å². The van der Waals surface area contributed by atoms with E-state index in [0.29, 0.717) is 12.2 Å². The number of ketones is 1. The fraction of sp³-hybridized carbons (Fsp3) is 0.700. The van der Waals surface area contributed by atoms with Crippen LogP contribution >= 0.6 is 0 Å². The van der Waals surface area contributed by atoms with Crippen molar-refractivity contribution in [2.24, 2.45) is 5.41 Å². The van der Waals surface area contributed by atoms with Gasteiger partial charge < -0.3 is 9.84 Å². The number of rotatable bonds is 3. The zero-order valence-electron chi connectivity index (χ0n) is 8.17. The number of hydrogen-bond donors (Lipinski definition) is 1. The molecule has 0 unspecified atom stereocenters. The molecule has 0 radical (unpaired) electrons. The molecular formula is C10H16O3. The Morgan fingerprint density at radius 2 is 2.23 bits per heavy atom. The first-order valence-electron chi connectivity index (χ1n) is 4.50. The van der Waals surface area contributed by atoms with Crippen molar-refractivity contribution in [2.45, 2.75) is 26.7 Å². The van der Waals surface area contributed by atoms with E-state index in [4.69, 9.17) is 9.84 Å². The number of ether oxygens (including phenoxy) is 1. The quantitative estimate of drug-likeness (QED) is 0.718. The van der Waals surface area contributed by atoms with Gasteiger partial charge in [0.2, 0.25) is 0 Å². The van der Waals surface area contributed by atoms with Crippen LogP contribution in [-0.4, -0.2) is 24.1 Å². The summed E-state index contributed by atoms with van der Waals surface area (Å²) >= 11 is 0. The van der Waals surface area contributed by atoms with Gasteiger partial charge in [-0.2, -0.15) is 0 Å². The Hall–Kier alpha value is -0.830. The predicted octanol–water partition coefficient (Wildman–Crippen LogP) is 1.27. The van der Waals surface area contributed by atoms with Gasteiger partial charge in [0.1, 0.15) is 12.4 Å². The third-order valence-corrected chi connectivity index (χ3v) is 2.01. The molecule has 1 aliphatic rings. The highest BCUT2D eigenvalue weighted by Gasteiger charge is 2.28. The fourth-order valence-electron chi connectivity index (χ4n) is 1.56. The summed E-state index contributed by atoms with van der Waals surface area (Å²) in [4.78, 5) is 11.2. The number of carbonyl (C=O) groups excluding carboxylic acids is 1. The Morgan fingerprint density at radius 3 is 2.77 bits per heavy atom. The van der Waals surface area contributed by atoms with E-state index < -0.39 is 0 Å². The van der Waals surface area contributed by atoms with Gasteiger partial charge in [0.15, 0.2) is 5.78 Å². The molecule has 74 valence electrons. The van der Waals surface area contributed by atoms with Crippen molar-refractivity contribution in [1.29, 1.82) is 0 Å². The number of aliphatic hydroxyl groups excluding tert-OH is 1. The summed E-state index contributed by atoms with van der Waals surface area (Å²) in [5, 5.41) is 8.56. The van der Waals surface area contributed by atoms with Crippen molar-refractivity contribution in [2.75, 3.05) is 13.2 Å². The van der Waals surface area contributed by atoms with Gasteiger partial charge in [-0.25, -0.2) is 0 Å². The smallest absolute Gasteiger partial charge is 0.159 e. The van der Waals surface area contributed by atoms with E-state index in [-0.39, 0.29) is 24.4 Å². The van der Waals surface area contributed by atoms with E-state index in [1.54, 1.807) is 6.08 Å². The molecule has 0 saturated heterocycles. The molecule has 3 nitrogen and oxygen atoms in total. The van der Waals surface area contributed by atoms with Crippen LogP contribution in [0, 0.1) is 5.41 Å². The monoisotopic (exact) mass is 184 g/mol. The summed E-state index contributed by atoms with van der Waals surface area (Å²) in [7, 11) is 0. The number of aliphatic hydroxyl groups is 1. The summed E-state index contributed by atoms with van der Waals surface area (Å²) in [5.41, 5.74) is -0.00335. The maximum Gasteiger partial charge on any atom is 0.159 e.